The van der Waals surface area contributed by atoms with Crippen LogP contribution in [-0.2, 0) is 0 Å². The number of fused-ring (bicyclic) bond motifs is 2. The van der Waals surface area contributed by atoms with Crippen LogP contribution < -0.4 is 5.49 Å². The van der Waals surface area contributed by atoms with Crippen LogP contribution in [0.4, 0.5) is 0 Å². The van der Waals surface area contributed by atoms with Gasteiger partial charge < -0.3 is 4.98 Å². The van der Waals surface area contributed by atoms with Gasteiger partial charge in [-0.2, -0.15) is 5.26 Å². The van der Waals surface area contributed by atoms with Crippen molar-refractivity contribution in [3.05, 3.63) is 71.7 Å². The molecule has 2 N–H and O–H groups in total. The van der Waals surface area contributed by atoms with Crippen LogP contribution in [0.15, 0.2) is 60.7 Å². The summed E-state index contributed by atoms with van der Waals surface area (Å²) in [4.78, 5) is 8.55. The molecule has 0 aliphatic heterocycles. The van der Waals surface area contributed by atoms with E-state index in [0.29, 0.717) is 5.52 Å². The molecule has 0 saturated heterocycles. The molecule has 0 bridgehead atoms. The quantitative estimate of drug-likeness (QED) is 0.331. The average molecular weight is 352 g/mol. The van der Waals surface area contributed by atoms with Gasteiger partial charge in [-0.25, -0.2) is 4.98 Å². The summed E-state index contributed by atoms with van der Waals surface area (Å²) < 4.78 is 1.11. The maximum absolute atomic E-state index is 9.61. The van der Waals surface area contributed by atoms with Crippen LogP contribution in [-0.4, -0.2) is 9.97 Å². The van der Waals surface area contributed by atoms with Gasteiger partial charge in [0.05, 0.1) is 5.52 Å². The maximum atomic E-state index is 9.61. The molecule has 0 spiro atoms. The van der Waals surface area contributed by atoms with E-state index in [-0.39, 0.29) is 11.1 Å². The smallest absolute Gasteiger partial charge is 0.166 e. The van der Waals surface area contributed by atoms with Crippen LogP contribution in [0.5, 0.6) is 0 Å². The molecule has 5 aromatic rings. The number of aromatic nitrogens is 2. The van der Waals surface area contributed by atoms with Crippen LogP contribution in [0.1, 0.15) is 5.56 Å². The molecule has 5 heteroatoms. The van der Waals surface area contributed by atoms with Gasteiger partial charge >= 0.3 is 0 Å². The zero-order chi connectivity index (χ0) is 17.7. The van der Waals surface area contributed by atoms with Gasteiger partial charge in [-0.15, -0.1) is 11.3 Å². The van der Waals surface area contributed by atoms with Crippen molar-refractivity contribution in [3.63, 3.8) is 0 Å². The van der Waals surface area contributed by atoms with Crippen LogP contribution in [0.3, 0.4) is 0 Å². The Morgan fingerprint density at radius 3 is 2.58 bits per heavy atom. The van der Waals surface area contributed by atoms with Gasteiger partial charge in [0.1, 0.15) is 16.5 Å². The molecule has 0 amide bonds. The summed E-state index contributed by atoms with van der Waals surface area (Å²) in [6.07, 6.45) is 0. The van der Waals surface area contributed by atoms with Crippen LogP contribution in [0, 0.1) is 16.7 Å². The molecular formula is C21H12N4S. The second kappa shape index (κ2) is 5.51. The minimum atomic E-state index is 0.00860. The fourth-order valence-electron chi connectivity index (χ4n) is 3.38. The zero-order valence-electron chi connectivity index (χ0n) is 13.6. The van der Waals surface area contributed by atoms with Gasteiger partial charge in [-0.3, -0.25) is 5.41 Å². The van der Waals surface area contributed by atoms with E-state index in [4.69, 9.17) is 5.41 Å². The van der Waals surface area contributed by atoms with Crippen molar-refractivity contribution in [2.24, 2.45) is 0 Å². The summed E-state index contributed by atoms with van der Waals surface area (Å²) in [6.45, 7) is 0. The third kappa shape index (κ3) is 2.06. The number of hydrogen-bond acceptors (Lipinski definition) is 4. The molecule has 4 nitrogen and oxygen atoms in total. The fourth-order valence-corrected chi connectivity index (χ4v) is 4.47. The van der Waals surface area contributed by atoms with E-state index >= 15 is 0 Å². The monoisotopic (exact) mass is 352 g/mol. The van der Waals surface area contributed by atoms with Crippen molar-refractivity contribution in [1.82, 2.24) is 9.97 Å². The summed E-state index contributed by atoms with van der Waals surface area (Å²) in [5, 5.41) is 20.9. The highest BCUT2D eigenvalue weighted by molar-refractivity contribution is 7.24. The van der Waals surface area contributed by atoms with E-state index in [0.717, 1.165) is 36.9 Å². The highest BCUT2D eigenvalue weighted by Crippen LogP contribution is 2.37. The van der Waals surface area contributed by atoms with Crippen molar-refractivity contribution >= 4 is 42.5 Å². The van der Waals surface area contributed by atoms with Crippen molar-refractivity contribution in [3.8, 4) is 17.3 Å². The first kappa shape index (κ1) is 14.8. The molecule has 0 aliphatic rings. The minimum absolute atomic E-state index is 0.00860. The number of hydrogen-bond donors (Lipinski definition) is 2. The molecule has 0 radical (unpaired) electrons. The van der Waals surface area contributed by atoms with Gasteiger partial charge in [0.15, 0.2) is 5.49 Å². The second-order valence-corrected chi connectivity index (χ2v) is 7.09. The lowest BCUT2D eigenvalue weighted by atomic mass is 10.0. The predicted octanol–water partition coefficient (Wildman–Crippen LogP) is 4.95. The van der Waals surface area contributed by atoms with Gasteiger partial charge in [-0.05, 0) is 28.5 Å². The lowest BCUT2D eigenvalue weighted by molar-refractivity contribution is 1.12. The summed E-state index contributed by atoms with van der Waals surface area (Å²) >= 11 is 1.55. The molecular weight excluding hydrogens is 340 g/mol. The van der Waals surface area contributed by atoms with Gasteiger partial charge in [0.25, 0.3) is 0 Å². The number of H-pyrrole nitrogens is 1. The Bertz CT molecular complexity index is 1410. The lowest BCUT2D eigenvalue weighted by Gasteiger charge is -2.12. The Kier molecular flexibility index (Phi) is 3.14. The highest BCUT2D eigenvalue weighted by atomic mass is 32.1. The molecule has 122 valence electrons. The molecule has 3 heterocycles. The third-order valence-corrected chi connectivity index (χ3v) is 5.63. The number of nitrogens with one attached hydrogen (secondary N) is 2. The normalized spacial score (nSPS) is 11.2. The topological polar surface area (TPSA) is 76.3 Å². The number of pyridine rings is 2. The van der Waals surface area contributed by atoms with E-state index in [9.17, 15) is 5.26 Å². The molecule has 26 heavy (non-hydrogen) atoms. The zero-order valence-corrected chi connectivity index (χ0v) is 14.4. The molecule has 5 rings (SSSR count). The molecule has 0 unspecified atom stereocenters. The number of rotatable bonds is 1. The van der Waals surface area contributed by atoms with Gasteiger partial charge in [-0.1, -0.05) is 48.5 Å². The number of nitriles is 1. The van der Waals surface area contributed by atoms with E-state index in [1.807, 2.05) is 42.5 Å². The first-order valence-electron chi connectivity index (χ1n) is 8.14. The molecule has 0 saturated carbocycles. The highest BCUT2D eigenvalue weighted by Gasteiger charge is 2.16. The molecule has 0 atom stereocenters. The molecule has 3 aromatic heterocycles. The van der Waals surface area contributed by atoms with Crippen LogP contribution in [0.2, 0.25) is 0 Å². The van der Waals surface area contributed by atoms with E-state index < -0.39 is 0 Å². The maximum Gasteiger partial charge on any atom is 0.166 e. The summed E-state index contributed by atoms with van der Waals surface area (Å²) in [6, 6.07) is 22.5. The van der Waals surface area contributed by atoms with Crippen LogP contribution >= 0.6 is 11.3 Å². The van der Waals surface area contributed by atoms with Crippen LogP contribution in [0.25, 0.3) is 42.5 Å². The largest absolute Gasteiger partial charge is 0.353 e. The van der Waals surface area contributed by atoms with Crippen molar-refractivity contribution in [2.75, 3.05) is 0 Å². The Balaban J connectivity index is 2.08. The van der Waals surface area contributed by atoms with Crippen molar-refractivity contribution in [2.45, 2.75) is 0 Å². The fraction of sp³-hybridized carbons (Fsp3) is 0. The Labute approximate surface area is 152 Å². The average Bonchev–Trinajstić information content (AvgIpc) is 2.68. The summed E-state index contributed by atoms with van der Waals surface area (Å²) in [7, 11) is 0. The summed E-state index contributed by atoms with van der Waals surface area (Å²) in [5.74, 6) is 0. The molecule has 2 aromatic carbocycles. The number of nitrogens with zero attached hydrogens (tertiary/aromatic N) is 2. The van der Waals surface area contributed by atoms with E-state index in [2.05, 4.69) is 34.2 Å². The second-order valence-electron chi connectivity index (χ2n) is 6.06. The van der Waals surface area contributed by atoms with E-state index in [1.165, 1.54) is 0 Å². The third-order valence-electron chi connectivity index (χ3n) is 4.56. The first-order valence-corrected chi connectivity index (χ1v) is 8.96. The summed E-state index contributed by atoms with van der Waals surface area (Å²) in [5.41, 5.74) is 2.93. The lowest BCUT2D eigenvalue weighted by Crippen LogP contribution is -2.12. The van der Waals surface area contributed by atoms with Gasteiger partial charge in [0, 0.05) is 15.8 Å². The molecule has 0 aliphatic carbocycles. The predicted molar refractivity (Wildman–Crippen MR) is 105 cm³/mol. The van der Waals surface area contributed by atoms with Crippen molar-refractivity contribution < 1.29 is 0 Å². The minimum Gasteiger partial charge on any atom is -0.353 e. The Morgan fingerprint density at radius 1 is 1.00 bits per heavy atom. The number of aromatic amines is 1. The standard InChI is InChI=1S/C21H12N4S/c22-11-15-19-18-14(10-16(24-19)12-6-2-1-3-7-12)13-8-4-5-9-17(13)26-21(18)25-20(15)23/h1-10,23-24H. The molecule has 0 fully saturated rings. The Morgan fingerprint density at radius 2 is 1.77 bits per heavy atom. The SMILES string of the molecule is N#Cc1c(=N)nc2sc3ccccc3c3cc(-c4ccccc4)[nH]c1c23. The van der Waals surface area contributed by atoms with E-state index in [1.54, 1.807) is 11.3 Å². The first-order chi connectivity index (χ1) is 12.8. The van der Waals surface area contributed by atoms with Crippen molar-refractivity contribution in [1.29, 1.82) is 10.7 Å². The Hall–Kier alpha value is -3.49. The van der Waals surface area contributed by atoms with Gasteiger partial charge in [0.2, 0.25) is 0 Å². The number of benzene rings is 2.